The average Bonchev–Trinajstić information content (AvgIpc) is 3.17. The summed E-state index contributed by atoms with van der Waals surface area (Å²) >= 11 is 0. The summed E-state index contributed by atoms with van der Waals surface area (Å²) in [4.78, 5) is 65.7. The van der Waals surface area contributed by atoms with Crippen molar-refractivity contribution in [2.75, 3.05) is 35.0 Å². The van der Waals surface area contributed by atoms with E-state index in [0.717, 1.165) is 11.1 Å². The van der Waals surface area contributed by atoms with Crippen LogP contribution in [0, 0.1) is 11.8 Å². The van der Waals surface area contributed by atoms with Crippen LogP contribution in [0.5, 0.6) is 0 Å². The van der Waals surface area contributed by atoms with Crippen LogP contribution < -0.4 is 0 Å². The lowest BCUT2D eigenvalue weighted by atomic mass is 9.90. The molecule has 54 heavy (non-hydrogen) atoms. The first-order chi connectivity index (χ1) is 25.8. The van der Waals surface area contributed by atoms with Crippen molar-refractivity contribution in [1.82, 2.24) is 0 Å². The predicted octanol–water partition coefficient (Wildman–Crippen LogP) is 7.59. The molecule has 10 nitrogen and oxygen atoms in total. The lowest BCUT2D eigenvalue weighted by Gasteiger charge is -2.15. The third-order valence-electron chi connectivity index (χ3n) is 6.94. The summed E-state index contributed by atoms with van der Waals surface area (Å²) in [6.07, 6.45) is 12.6. The van der Waals surface area contributed by atoms with Gasteiger partial charge in [-0.05, 0) is 49.5 Å². The summed E-state index contributed by atoms with van der Waals surface area (Å²) in [6.45, 7) is 6.60. The zero-order valence-corrected chi connectivity index (χ0v) is 32.4. The van der Waals surface area contributed by atoms with Crippen LogP contribution in [0.25, 0.3) is 18.2 Å². The van der Waals surface area contributed by atoms with Gasteiger partial charge in [0.2, 0.25) is 0 Å². The van der Waals surface area contributed by atoms with E-state index in [0.29, 0.717) is 6.61 Å². The van der Waals surface area contributed by atoms with E-state index in [9.17, 15) is 28.8 Å². The number of carbonyl (C=O) groups excluding carboxylic acids is 6. The number of hydrogen-bond acceptors (Lipinski definition) is 10. The number of Topliss-reactive ketones (excluding diaryl/α,β-unsaturated/α-hetero) is 3. The number of ketones is 3. The Kier molecular flexibility index (Phi) is 26.3. The van der Waals surface area contributed by atoms with Crippen LogP contribution in [0.15, 0.2) is 121 Å². The van der Waals surface area contributed by atoms with Crippen LogP contribution in [0.2, 0.25) is 0 Å². The van der Waals surface area contributed by atoms with Crippen molar-refractivity contribution in [3.8, 4) is 0 Å². The zero-order valence-electron chi connectivity index (χ0n) is 32.4. The van der Waals surface area contributed by atoms with Gasteiger partial charge in [0.15, 0.2) is 5.78 Å². The summed E-state index contributed by atoms with van der Waals surface area (Å²) in [5, 5.41) is 0. The Morgan fingerprint density at radius 2 is 1.11 bits per heavy atom. The number of carbonyl (C=O) groups is 6. The van der Waals surface area contributed by atoms with Gasteiger partial charge in [0.05, 0.1) is 27.9 Å². The molecule has 3 rings (SSSR count). The van der Waals surface area contributed by atoms with Gasteiger partial charge < -0.3 is 18.9 Å². The fourth-order valence-corrected chi connectivity index (χ4v) is 4.19. The van der Waals surface area contributed by atoms with Crippen LogP contribution in [-0.4, -0.2) is 70.3 Å². The van der Waals surface area contributed by atoms with E-state index in [4.69, 9.17) is 4.74 Å². The number of rotatable bonds is 14. The SMILES string of the molecule is COC(=O)C(=CC=Cc1ccccc1)C(C)=O.COC(=O)C(C(C)=O)C(C)/C=C/c1ccccc1.COC(=O)CC(C)=O.COC/C=C/c1ccccc1. The normalized spacial score (nSPS) is 11.7. The Hall–Kier alpha value is -6.00. The highest BCUT2D eigenvalue weighted by Gasteiger charge is 2.28. The summed E-state index contributed by atoms with van der Waals surface area (Å²) in [7, 11) is 5.49. The molecule has 0 aromatic heterocycles. The smallest absolute Gasteiger partial charge is 0.341 e. The van der Waals surface area contributed by atoms with Crippen molar-refractivity contribution in [3.63, 3.8) is 0 Å². The topological polar surface area (TPSA) is 139 Å². The zero-order chi connectivity index (χ0) is 40.7. The van der Waals surface area contributed by atoms with Crippen molar-refractivity contribution in [3.05, 3.63) is 138 Å². The first kappa shape index (κ1) is 48.0. The number of methoxy groups -OCH3 is 4. The second-order valence-corrected chi connectivity index (χ2v) is 11.4. The fourth-order valence-electron chi connectivity index (χ4n) is 4.19. The molecule has 288 valence electrons. The average molecular weight is 741 g/mol. The van der Waals surface area contributed by atoms with Gasteiger partial charge in [0.25, 0.3) is 0 Å². The van der Waals surface area contributed by atoms with Crippen LogP contribution in [0.3, 0.4) is 0 Å². The quantitative estimate of drug-likeness (QED) is 0.0406. The van der Waals surface area contributed by atoms with E-state index in [1.54, 1.807) is 13.2 Å². The third kappa shape index (κ3) is 22.7. The second kappa shape index (κ2) is 29.6. The molecular weight excluding hydrogens is 688 g/mol. The molecule has 0 saturated carbocycles. The van der Waals surface area contributed by atoms with E-state index >= 15 is 0 Å². The molecule has 0 spiro atoms. The van der Waals surface area contributed by atoms with E-state index in [2.05, 4.69) is 26.3 Å². The molecular formula is C44H52O10. The highest BCUT2D eigenvalue weighted by molar-refractivity contribution is 6.16. The number of esters is 3. The highest BCUT2D eigenvalue weighted by atomic mass is 16.5. The molecule has 0 aliphatic rings. The van der Waals surface area contributed by atoms with E-state index < -0.39 is 23.8 Å². The monoisotopic (exact) mass is 740 g/mol. The summed E-state index contributed by atoms with van der Waals surface area (Å²) in [5.74, 6) is -3.14. The maximum absolute atomic E-state index is 11.5. The fraction of sp³-hybridized carbons (Fsp3) is 0.273. The standard InChI is InChI=1S/C15H18O3.C14H14O3.C10H12O.C5H8O3/c1-11(14(12(2)16)15(17)18-3)9-10-13-7-5-4-6-8-13;1-11(15)13(14(16)17-2)10-6-9-12-7-4-3-5-8-12;1-11-9-5-8-10-6-3-2-4-7-10;1-4(6)3-5(7)8-2/h4-11,14H,1-3H3;3-10H,1-2H3;2-8H,9H2,1H3;3H2,1-2H3/b10-9+;;8-5+;. The van der Waals surface area contributed by atoms with Crippen molar-refractivity contribution in [2.45, 2.75) is 34.1 Å². The minimum absolute atomic E-state index is 0.0414. The van der Waals surface area contributed by atoms with E-state index in [1.807, 2.05) is 116 Å². The van der Waals surface area contributed by atoms with E-state index in [1.165, 1.54) is 53.7 Å². The predicted molar refractivity (Wildman–Crippen MR) is 212 cm³/mol. The molecule has 0 saturated heterocycles. The third-order valence-corrected chi connectivity index (χ3v) is 6.94. The van der Waals surface area contributed by atoms with Crippen molar-refractivity contribution >= 4 is 53.5 Å². The van der Waals surface area contributed by atoms with E-state index in [-0.39, 0.29) is 35.3 Å². The molecule has 3 aromatic rings. The largest absolute Gasteiger partial charge is 0.469 e. The molecule has 2 unspecified atom stereocenters. The molecule has 10 heteroatoms. The Labute approximate surface area is 319 Å². The summed E-state index contributed by atoms with van der Waals surface area (Å²) in [5.41, 5.74) is 3.29. The molecule has 0 N–H and O–H groups in total. The number of hydrogen-bond donors (Lipinski definition) is 0. The number of allylic oxidation sites excluding steroid dienone is 3. The van der Waals surface area contributed by atoms with Gasteiger partial charge in [0, 0.05) is 7.11 Å². The van der Waals surface area contributed by atoms with Gasteiger partial charge in [-0.25, -0.2) is 4.79 Å². The molecule has 2 atom stereocenters. The Morgan fingerprint density at radius 1 is 0.630 bits per heavy atom. The Bertz CT molecular complexity index is 1690. The first-order valence-electron chi connectivity index (χ1n) is 16.9. The van der Waals surface area contributed by atoms with Gasteiger partial charge >= 0.3 is 17.9 Å². The molecule has 3 aromatic carbocycles. The molecule has 0 aliphatic carbocycles. The van der Waals surface area contributed by atoms with Gasteiger partial charge in [-0.2, -0.15) is 0 Å². The minimum Gasteiger partial charge on any atom is -0.469 e. The molecule has 0 heterocycles. The minimum atomic E-state index is -0.727. The second-order valence-electron chi connectivity index (χ2n) is 11.4. The molecule has 0 amide bonds. The lowest BCUT2D eigenvalue weighted by Crippen LogP contribution is -2.28. The van der Waals surface area contributed by atoms with Crippen molar-refractivity contribution < 1.29 is 47.7 Å². The Morgan fingerprint density at radius 3 is 1.48 bits per heavy atom. The molecule has 0 aliphatic heterocycles. The lowest BCUT2D eigenvalue weighted by molar-refractivity contribution is -0.150. The van der Waals surface area contributed by atoms with Gasteiger partial charge in [0.1, 0.15) is 29.5 Å². The maximum Gasteiger partial charge on any atom is 0.341 e. The highest BCUT2D eigenvalue weighted by Crippen LogP contribution is 2.18. The maximum atomic E-state index is 11.5. The van der Waals surface area contributed by atoms with Gasteiger partial charge in [-0.3, -0.25) is 24.0 Å². The summed E-state index contributed by atoms with van der Waals surface area (Å²) < 4.78 is 18.2. The number of benzene rings is 3. The van der Waals surface area contributed by atoms with Crippen molar-refractivity contribution in [2.24, 2.45) is 11.8 Å². The molecule has 0 fully saturated rings. The van der Waals surface area contributed by atoms with Crippen LogP contribution >= 0.6 is 0 Å². The Balaban J connectivity index is 0.000000725. The molecule has 0 bridgehead atoms. The van der Waals surface area contributed by atoms with Crippen LogP contribution in [-0.2, 0) is 47.7 Å². The number of ether oxygens (including phenoxy) is 4. The van der Waals surface area contributed by atoms with Crippen molar-refractivity contribution in [1.29, 1.82) is 0 Å². The first-order valence-corrected chi connectivity index (χ1v) is 16.9. The van der Waals surface area contributed by atoms with Crippen LogP contribution in [0.4, 0.5) is 0 Å². The van der Waals surface area contributed by atoms with Gasteiger partial charge in [-0.1, -0.05) is 134 Å². The molecule has 0 radical (unpaired) electrons. The van der Waals surface area contributed by atoms with Gasteiger partial charge in [-0.15, -0.1) is 0 Å². The van der Waals surface area contributed by atoms with Crippen LogP contribution in [0.1, 0.15) is 50.8 Å². The summed E-state index contributed by atoms with van der Waals surface area (Å²) in [6, 6.07) is 29.5.